The predicted molar refractivity (Wildman–Crippen MR) is 116 cm³/mol. The molecule has 0 spiro atoms. The van der Waals surface area contributed by atoms with E-state index < -0.39 is 0 Å². The highest BCUT2D eigenvalue weighted by Gasteiger charge is 2.21. The molecule has 0 amide bonds. The van der Waals surface area contributed by atoms with Crippen molar-refractivity contribution in [1.82, 2.24) is 15.0 Å². The molecule has 3 aromatic heterocycles. The molecule has 1 N–H and O–H groups in total. The first-order valence-corrected chi connectivity index (χ1v) is 10.4. The molecular weight excluding hydrogens is 378 g/mol. The molecule has 4 rings (SSSR count). The first-order valence-electron chi connectivity index (χ1n) is 10.4. The summed E-state index contributed by atoms with van der Waals surface area (Å²) in [6, 6.07) is 9.58. The van der Waals surface area contributed by atoms with Crippen LogP contribution in [0.3, 0.4) is 0 Å². The van der Waals surface area contributed by atoms with Gasteiger partial charge in [0.25, 0.3) is 0 Å². The number of aromatic nitrogens is 3. The maximum atomic E-state index is 11.5. The van der Waals surface area contributed by atoms with Crippen LogP contribution in [0.5, 0.6) is 0 Å². The minimum Gasteiger partial charge on any atom is -0.364 e. The van der Waals surface area contributed by atoms with Gasteiger partial charge in [0.05, 0.1) is 4.92 Å². The largest absolute Gasteiger partial charge is 0.364 e. The van der Waals surface area contributed by atoms with E-state index in [4.69, 9.17) is 0 Å². The molecule has 1 aliphatic rings. The van der Waals surface area contributed by atoms with Gasteiger partial charge in [-0.3, -0.25) is 20.1 Å². The molecule has 1 aliphatic carbocycles. The molecule has 3 aromatic rings. The van der Waals surface area contributed by atoms with Crippen molar-refractivity contribution in [2.45, 2.75) is 44.4 Å². The predicted octanol–water partition coefficient (Wildman–Crippen LogP) is 4.68. The Bertz CT molecular complexity index is 1010. The van der Waals surface area contributed by atoms with Crippen molar-refractivity contribution in [2.75, 3.05) is 11.9 Å². The summed E-state index contributed by atoms with van der Waals surface area (Å²) in [5, 5.41) is 14.7. The van der Waals surface area contributed by atoms with Gasteiger partial charge in [-0.05, 0) is 60.9 Å². The van der Waals surface area contributed by atoms with Crippen molar-refractivity contribution < 1.29 is 4.92 Å². The zero-order valence-electron chi connectivity index (χ0n) is 16.8. The number of nitrogens with zero attached hydrogens (tertiary/aromatic N) is 4. The van der Waals surface area contributed by atoms with E-state index >= 15 is 0 Å². The van der Waals surface area contributed by atoms with Crippen molar-refractivity contribution in [3.8, 4) is 0 Å². The first kappa shape index (κ1) is 19.9. The Balaban J connectivity index is 1.36. The van der Waals surface area contributed by atoms with E-state index in [1.807, 2.05) is 24.4 Å². The molecular formula is C23H25N5O2. The van der Waals surface area contributed by atoms with Crippen molar-refractivity contribution in [1.29, 1.82) is 0 Å². The summed E-state index contributed by atoms with van der Waals surface area (Å²) in [6.45, 7) is 0.647. The van der Waals surface area contributed by atoms with Gasteiger partial charge in [0.15, 0.2) is 0 Å². The van der Waals surface area contributed by atoms with Crippen molar-refractivity contribution in [2.24, 2.45) is 0 Å². The number of aryl methyl sites for hydroxylation is 1. The molecule has 1 atom stereocenters. The normalized spacial score (nSPS) is 15.4. The van der Waals surface area contributed by atoms with Crippen LogP contribution in [-0.2, 0) is 12.8 Å². The Morgan fingerprint density at radius 3 is 2.87 bits per heavy atom. The Kier molecular flexibility index (Phi) is 6.27. The van der Waals surface area contributed by atoms with Crippen LogP contribution in [0, 0.1) is 10.1 Å². The molecule has 0 aromatic carbocycles. The van der Waals surface area contributed by atoms with Gasteiger partial charge in [0.1, 0.15) is 0 Å². The third-order valence-electron chi connectivity index (χ3n) is 5.59. The van der Waals surface area contributed by atoms with E-state index in [9.17, 15) is 10.1 Å². The lowest BCUT2D eigenvalue weighted by atomic mass is 9.84. The lowest BCUT2D eigenvalue weighted by Crippen LogP contribution is -2.13. The Hall–Kier alpha value is -3.35. The molecule has 7 nitrogen and oxygen atoms in total. The summed E-state index contributed by atoms with van der Waals surface area (Å²) < 4.78 is 0. The zero-order chi connectivity index (χ0) is 20.8. The summed E-state index contributed by atoms with van der Waals surface area (Å²) in [7, 11) is 0. The van der Waals surface area contributed by atoms with Crippen LogP contribution in [0.25, 0.3) is 0 Å². The molecule has 154 valence electrons. The Labute approximate surface area is 175 Å². The quantitative estimate of drug-likeness (QED) is 0.333. The number of rotatable bonds is 8. The molecule has 0 radical (unpaired) electrons. The van der Waals surface area contributed by atoms with Crippen molar-refractivity contribution in [3.63, 3.8) is 0 Å². The molecule has 30 heavy (non-hydrogen) atoms. The highest BCUT2D eigenvalue weighted by Crippen LogP contribution is 2.33. The minimum absolute atomic E-state index is 0.0149. The monoisotopic (exact) mass is 403 g/mol. The van der Waals surface area contributed by atoms with Crippen molar-refractivity contribution >= 4 is 11.5 Å². The number of hydrogen-bond acceptors (Lipinski definition) is 6. The third-order valence-corrected chi connectivity index (χ3v) is 5.59. The molecule has 0 aliphatic heterocycles. The number of hydrogen-bond donors (Lipinski definition) is 1. The average molecular weight is 403 g/mol. The van der Waals surface area contributed by atoms with E-state index in [0.717, 1.165) is 36.8 Å². The van der Waals surface area contributed by atoms with Gasteiger partial charge in [0, 0.05) is 55.4 Å². The average Bonchev–Trinajstić information content (AvgIpc) is 2.78. The first-order chi connectivity index (χ1) is 14.7. The Morgan fingerprint density at radius 1 is 1.13 bits per heavy atom. The maximum Gasteiger partial charge on any atom is 0.311 e. The van der Waals surface area contributed by atoms with Gasteiger partial charge < -0.3 is 5.32 Å². The Morgan fingerprint density at radius 2 is 2.03 bits per heavy atom. The molecule has 3 heterocycles. The fourth-order valence-electron chi connectivity index (χ4n) is 4.15. The van der Waals surface area contributed by atoms with E-state index in [1.54, 1.807) is 24.7 Å². The number of nitro groups is 1. The standard InChI is InChI=1S/C23H25N5O2/c29-28(30)21-14-18(13-17-5-2-10-24-15-17)16-27-23(21)26-12-4-9-20-7-1-6-19-8-3-11-25-22(19)20/h2-3,5,8,10-11,14-16,20H,1,4,6-7,9,12-13H2,(H,26,27). The maximum absolute atomic E-state index is 11.5. The van der Waals surface area contributed by atoms with Crippen LogP contribution in [0.4, 0.5) is 11.5 Å². The third kappa shape index (κ3) is 4.79. The number of fused-ring (bicyclic) bond motifs is 1. The molecule has 0 bridgehead atoms. The second-order valence-electron chi connectivity index (χ2n) is 7.71. The second-order valence-corrected chi connectivity index (χ2v) is 7.71. The van der Waals surface area contributed by atoms with Crippen LogP contribution >= 0.6 is 0 Å². The number of anilines is 1. The summed E-state index contributed by atoms with van der Waals surface area (Å²) in [5.41, 5.74) is 4.40. The molecule has 0 fully saturated rings. The van der Waals surface area contributed by atoms with E-state index in [2.05, 4.69) is 26.3 Å². The smallest absolute Gasteiger partial charge is 0.311 e. The van der Waals surface area contributed by atoms with Crippen molar-refractivity contribution in [3.05, 3.63) is 87.6 Å². The highest BCUT2D eigenvalue weighted by atomic mass is 16.6. The summed E-state index contributed by atoms with van der Waals surface area (Å²) in [5.74, 6) is 0.804. The summed E-state index contributed by atoms with van der Waals surface area (Å²) in [6.07, 6.45) is 13.0. The van der Waals surface area contributed by atoms with Crippen LogP contribution in [0.2, 0.25) is 0 Å². The zero-order valence-corrected chi connectivity index (χ0v) is 16.8. The summed E-state index contributed by atoms with van der Waals surface area (Å²) in [4.78, 5) is 24.2. The SMILES string of the molecule is O=[N+]([O-])c1cc(Cc2cccnc2)cnc1NCCCC1CCCc2cccnc21. The lowest BCUT2D eigenvalue weighted by Gasteiger charge is -2.24. The number of pyridine rings is 3. The molecule has 1 unspecified atom stereocenters. The van der Waals surface area contributed by atoms with E-state index in [0.29, 0.717) is 24.7 Å². The van der Waals surface area contributed by atoms with Crippen LogP contribution in [-0.4, -0.2) is 26.4 Å². The number of nitrogens with one attached hydrogen (secondary N) is 1. The second kappa shape index (κ2) is 9.43. The van der Waals surface area contributed by atoms with Gasteiger partial charge in [0.2, 0.25) is 5.82 Å². The van der Waals surface area contributed by atoms with Gasteiger partial charge in [-0.1, -0.05) is 12.1 Å². The van der Waals surface area contributed by atoms with Crippen LogP contribution < -0.4 is 5.32 Å². The van der Waals surface area contributed by atoms with Crippen LogP contribution in [0.15, 0.2) is 55.1 Å². The van der Waals surface area contributed by atoms with E-state index in [-0.39, 0.29) is 10.6 Å². The van der Waals surface area contributed by atoms with Gasteiger partial charge in [-0.15, -0.1) is 0 Å². The van der Waals surface area contributed by atoms with Gasteiger partial charge in [-0.2, -0.15) is 0 Å². The molecule has 7 heteroatoms. The van der Waals surface area contributed by atoms with Gasteiger partial charge >= 0.3 is 5.69 Å². The fourth-order valence-corrected chi connectivity index (χ4v) is 4.15. The topological polar surface area (TPSA) is 93.8 Å². The minimum atomic E-state index is -0.372. The lowest BCUT2D eigenvalue weighted by molar-refractivity contribution is -0.384. The van der Waals surface area contributed by atoms with Crippen LogP contribution in [0.1, 0.15) is 54.0 Å². The molecule has 0 saturated carbocycles. The fraction of sp³-hybridized carbons (Fsp3) is 0.348. The highest BCUT2D eigenvalue weighted by molar-refractivity contribution is 5.57. The summed E-state index contributed by atoms with van der Waals surface area (Å²) >= 11 is 0. The van der Waals surface area contributed by atoms with E-state index in [1.165, 1.54) is 17.7 Å². The molecule has 0 saturated heterocycles. The van der Waals surface area contributed by atoms with Gasteiger partial charge in [-0.25, -0.2) is 4.98 Å².